The van der Waals surface area contributed by atoms with E-state index in [1.165, 1.54) is 18.2 Å². The van der Waals surface area contributed by atoms with E-state index in [0.29, 0.717) is 16.8 Å². The van der Waals surface area contributed by atoms with Gasteiger partial charge in [0, 0.05) is 41.3 Å². The highest BCUT2D eigenvalue weighted by Gasteiger charge is 2.55. The topological polar surface area (TPSA) is 110 Å². The number of rotatable bonds is 2. The first kappa shape index (κ1) is 14.5. The number of nitro groups is 1. The molecule has 0 radical (unpaired) electrons. The predicted molar refractivity (Wildman–Crippen MR) is 83.8 cm³/mol. The molecule has 1 amide bonds. The van der Waals surface area contributed by atoms with Crippen LogP contribution in [0.25, 0.3) is 0 Å². The summed E-state index contributed by atoms with van der Waals surface area (Å²) in [5.41, 5.74) is -0.714. The van der Waals surface area contributed by atoms with Crippen LogP contribution in [0, 0.1) is 10.1 Å². The average Bonchev–Trinajstić information content (AvgIpc) is 3.04. The van der Waals surface area contributed by atoms with Crippen molar-refractivity contribution >= 4 is 23.1 Å². The molecule has 1 heterocycles. The van der Waals surface area contributed by atoms with Gasteiger partial charge in [0.15, 0.2) is 11.4 Å². The SMILES string of the molecule is O=C1C[C@@H]([C@]2(O)C(=O)Nc3ccc([N+](=O)[O-])cc32)c2ccccc21. The van der Waals surface area contributed by atoms with Gasteiger partial charge in [0.25, 0.3) is 11.6 Å². The molecule has 2 aliphatic rings. The molecule has 0 saturated carbocycles. The predicted octanol–water partition coefficient (Wildman–Crippen LogP) is 2.10. The van der Waals surface area contributed by atoms with Crippen LogP contribution in [0.3, 0.4) is 0 Å². The van der Waals surface area contributed by atoms with E-state index in [0.717, 1.165) is 0 Å². The number of aliphatic hydroxyl groups is 1. The molecule has 0 fully saturated rings. The van der Waals surface area contributed by atoms with Crippen molar-refractivity contribution in [2.45, 2.75) is 17.9 Å². The maximum Gasteiger partial charge on any atom is 0.269 e. The third kappa shape index (κ3) is 1.75. The van der Waals surface area contributed by atoms with Gasteiger partial charge in [-0.3, -0.25) is 19.7 Å². The number of benzene rings is 2. The van der Waals surface area contributed by atoms with Gasteiger partial charge in [0.05, 0.1) is 4.92 Å². The molecule has 1 aliphatic heterocycles. The standard InChI is InChI=1S/C17H12N2O5/c20-15-8-12(10-3-1-2-4-11(10)15)17(22)13-7-9(19(23)24)5-6-14(13)18-16(17)21/h1-7,12,22H,8H2,(H,18,21)/t12-,17-/m1/s1. The maximum atomic E-state index is 12.5. The monoisotopic (exact) mass is 324 g/mol. The van der Waals surface area contributed by atoms with E-state index in [2.05, 4.69) is 5.32 Å². The molecule has 0 aromatic heterocycles. The summed E-state index contributed by atoms with van der Waals surface area (Å²) in [5, 5.41) is 24.8. The van der Waals surface area contributed by atoms with Gasteiger partial charge in [0.2, 0.25) is 0 Å². The molecule has 2 aromatic carbocycles. The summed E-state index contributed by atoms with van der Waals surface area (Å²) >= 11 is 0. The summed E-state index contributed by atoms with van der Waals surface area (Å²) in [5.74, 6) is -1.60. The third-order valence-electron chi connectivity index (χ3n) is 4.75. The number of nitro benzene ring substituents is 1. The van der Waals surface area contributed by atoms with Gasteiger partial charge in [-0.15, -0.1) is 0 Å². The van der Waals surface area contributed by atoms with E-state index in [9.17, 15) is 24.8 Å². The summed E-state index contributed by atoms with van der Waals surface area (Å²) in [6.45, 7) is 0. The second kappa shape index (κ2) is 4.72. The van der Waals surface area contributed by atoms with E-state index in [1.807, 2.05) is 0 Å². The molecule has 0 spiro atoms. The fourth-order valence-electron chi connectivity index (χ4n) is 3.59. The largest absolute Gasteiger partial charge is 0.375 e. The number of ketones is 1. The molecule has 0 bridgehead atoms. The fourth-order valence-corrected chi connectivity index (χ4v) is 3.59. The number of carbonyl (C=O) groups is 2. The second-order valence-corrected chi connectivity index (χ2v) is 5.97. The molecule has 120 valence electrons. The first-order valence-corrected chi connectivity index (χ1v) is 7.38. The van der Waals surface area contributed by atoms with Gasteiger partial charge in [-0.1, -0.05) is 24.3 Å². The maximum absolute atomic E-state index is 12.5. The zero-order valence-corrected chi connectivity index (χ0v) is 12.4. The number of amides is 1. The van der Waals surface area contributed by atoms with Crippen molar-refractivity contribution in [1.29, 1.82) is 0 Å². The normalized spacial score (nSPS) is 24.5. The summed E-state index contributed by atoms with van der Waals surface area (Å²) in [7, 11) is 0. The lowest BCUT2D eigenvalue weighted by Crippen LogP contribution is -2.39. The van der Waals surface area contributed by atoms with E-state index < -0.39 is 22.3 Å². The van der Waals surface area contributed by atoms with E-state index in [1.54, 1.807) is 24.3 Å². The lowest BCUT2D eigenvalue weighted by atomic mass is 9.78. The van der Waals surface area contributed by atoms with Crippen molar-refractivity contribution in [3.63, 3.8) is 0 Å². The minimum atomic E-state index is -2.01. The first-order chi connectivity index (χ1) is 11.4. The van der Waals surface area contributed by atoms with Crippen LogP contribution in [0.2, 0.25) is 0 Å². The van der Waals surface area contributed by atoms with Gasteiger partial charge < -0.3 is 10.4 Å². The van der Waals surface area contributed by atoms with Crippen LogP contribution < -0.4 is 5.32 Å². The fraction of sp³-hybridized carbons (Fsp3) is 0.176. The highest BCUT2D eigenvalue weighted by molar-refractivity contribution is 6.09. The van der Waals surface area contributed by atoms with Crippen LogP contribution >= 0.6 is 0 Å². The number of carbonyl (C=O) groups excluding carboxylic acids is 2. The third-order valence-corrected chi connectivity index (χ3v) is 4.75. The Kier molecular flexibility index (Phi) is 2.86. The molecule has 4 rings (SSSR count). The number of hydrogen-bond acceptors (Lipinski definition) is 5. The van der Waals surface area contributed by atoms with Crippen LogP contribution in [-0.2, 0) is 10.4 Å². The van der Waals surface area contributed by atoms with Crippen molar-refractivity contribution in [2.24, 2.45) is 0 Å². The Morgan fingerprint density at radius 2 is 1.96 bits per heavy atom. The Morgan fingerprint density at radius 3 is 2.71 bits per heavy atom. The van der Waals surface area contributed by atoms with Crippen LogP contribution in [0.4, 0.5) is 11.4 Å². The number of nitrogens with zero attached hydrogens (tertiary/aromatic N) is 1. The van der Waals surface area contributed by atoms with E-state index >= 15 is 0 Å². The average molecular weight is 324 g/mol. The van der Waals surface area contributed by atoms with Crippen LogP contribution in [0.1, 0.15) is 33.8 Å². The van der Waals surface area contributed by atoms with Gasteiger partial charge in [-0.05, 0) is 11.6 Å². The molecule has 24 heavy (non-hydrogen) atoms. The van der Waals surface area contributed by atoms with Crippen molar-refractivity contribution in [3.05, 3.63) is 69.3 Å². The Balaban J connectivity index is 1.91. The Morgan fingerprint density at radius 1 is 1.21 bits per heavy atom. The Labute approximate surface area is 136 Å². The second-order valence-electron chi connectivity index (χ2n) is 5.97. The Bertz CT molecular complexity index is 923. The molecular weight excluding hydrogens is 312 g/mol. The van der Waals surface area contributed by atoms with Gasteiger partial charge >= 0.3 is 0 Å². The molecule has 2 N–H and O–H groups in total. The number of Topliss-reactive ketones (excluding diaryl/α,β-unsaturated/α-hetero) is 1. The quantitative estimate of drug-likeness (QED) is 0.649. The molecule has 1 aliphatic carbocycles. The minimum Gasteiger partial charge on any atom is -0.375 e. The summed E-state index contributed by atoms with van der Waals surface area (Å²) in [6.07, 6.45) is -0.0224. The summed E-state index contributed by atoms with van der Waals surface area (Å²) in [6, 6.07) is 10.7. The minimum absolute atomic E-state index is 0.0224. The van der Waals surface area contributed by atoms with Crippen molar-refractivity contribution in [3.8, 4) is 0 Å². The lowest BCUT2D eigenvalue weighted by Gasteiger charge is -2.28. The number of non-ortho nitro benzene ring substituents is 1. The molecule has 2 atom stereocenters. The molecule has 2 aromatic rings. The number of anilines is 1. The van der Waals surface area contributed by atoms with E-state index in [4.69, 9.17) is 0 Å². The lowest BCUT2D eigenvalue weighted by molar-refractivity contribution is -0.385. The van der Waals surface area contributed by atoms with E-state index in [-0.39, 0.29) is 23.5 Å². The number of nitrogens with one attached hydrogen (secondary N) is 1. The first-order valence-electron chi connectivity index (χ1n) is 7.38. The number of fused-ring (bicyclic) bond motifs is 2. The summed E-state index contributed by atoms with van der Waals surface area (Å²) in [4.78, 5) is 35.2. The molecule has 7 heteroatoms. The molecular formula is C17H12N2O5. The molecule has 7 nitrogen and oxygen atoms in total. The highest BCUT2D eigenvalue weighted by Crippen LogP contribution is 2.51. The van der Waals surface area contributed by atoms with Gasteiger partial charge in [0.1, 0.15) is 0 Å². The Hall–Kier alpha value is -3.06. The van der Waals surface area contributed by atoms with Crippen molar-refractivity contribution in [2.75, 3.05) is 5.32 Å². The van der Waals surface area contributed by atoms with Crippen LogP contribution in [0.15, 0.2) is 42.5 Å². The van der Waals surface area contributed by atoms with Gasteiger partial charge in [-0.25, -0.2) is 0 Å². The highest BCUT2D eigenvalue weighted by atomic mass is 16.6. The summed E-state index contributed by atoms with van der Waals surface area (Å²) < 4.78 is 0. The van der Waals surface area contributed by atoms with Crippen molar-refractivity contribution < 1.29 is 19.6 Å². The van der Waals surface area contributed by atoms with Crippen molar-refractivity contribution in [1.82, 2.24) is 0 Å². The van der Waals surface area contributed by atoms with Crippen LogP contribution in [-0.4, -0.2) is 21.7 Å². The smallest absolute Gasteiger partial charge is 0.269 e. The zero-order valence-electron chi connectivity index (χ0n) is 12.4. The molecule has 0 saturated heterocycles. The van der Waals surface area contributed by atoms with Gasteiger partial charge in [-0.2, -0.15) is 0 Å². The zero-order chi connectivity index (χ0) is 17.1. The number of hydrogen-bond donors (Lipinski definition) is 2. The van der Waals surface area contributed by atoms with Crippen LogP contribution in [0.5, 0.6) is 0 Å². The molecule has 0 unspecified atom stereocenters.